The molecule has 0 radical (unpaired) electrons. The fraction of sp³-hybridized carbons (Fsp3) is 0.0769. The molecular formula is C13H12Cl2O2S. The molecule has 0 aliphatic heterocycles. The number of sulfone groups is 1. The van der Waals surface area contributed by atoms with Crippen LogP contribution in [0.25, 0.3) is 0 Å². The predicted octanol–water partition coefficient (Wildman–Crippen LogP) is 4.33. The van der Waals surface area contributed by atoms with Gasteiger partial charge in [-0.25, -0.2) is 8.42 Å². The van der Waals surface area contributed by atoms with Crippen LogP contribution in [0.5, 0.6) is 0 Å². The first kappa shape index (κ1) is 15.0. The van der Waals surface area contributed by atoms with Crippen molar-refractivity contribution in [2.24, 2.45) is 0 Å². The SMILES string of the molecule is C=C(/C=C\C(Cl)=C/C)S(=O)(=O)c1ccc(Cl)cc1. The van der Waals surface area contributed by atoms with E-state index >= 15 is 0 Å². The molecule has 0 heterocycles. The van der Waals surface area contributed by atoms with Gasteiger partial charge < -0.3 is 0 Å². The largest absolute Gasteiger partial charge is 0.219 e. The molecule has 0 spiro atoms. The lowest BCUT2D eigenvalue weighted by atomic mass is 10.4. The molecule has 0 unspecified atom stereocenters. The lowest BCUT2D eigenvalue weighted by Crippen LogP contribution is -2.01. The van der Waals surface area contributed by atoms with E-state index < -0.39 is 9.84 Å². The summed E-state index contributed by atoms with van der Waals surface area (Å²) in [6.45, 7) is 5.29. The van der Waals surface area contributed by atoms with E-state index in [2.05, 4.69) is 6.58 Å². The van der Waals surface area contributed by atoms with Crippen LogP contribution in [0.1, 0.15) is 6.92 Å². The minimum Gasteiger partial charge on any atom is -0.219 e. The highest BCUT2D eigenvalue weighted by molar-refractivity contribution is 7.95. The van der Waals surface area contributed by atoms with E-state index in [1.807, 2.05) is 0 Å². The molecule has 1 rings (SSSR count). The van der Waals surface area contributed by atoms with Crippen LogP contribution in [0.2, 0.25) is 5.02 Å². The van der Waals surface area contributed by atoms with Gasteiger partial charge in [-0.05, 0) is 43.3 Å². The van der Waals surface area contributed by atoms with Crippen molar-refractivity contribution in [2.45, 2.75) is 11.8 Å². The Kier molecular flexibility index (Phi) is 5.20. The number of hydrogen-bond donors (Lipinski definition) is 0. The minimum absolute atomic E-state index is 0.0233. The van der Waals surface area contributed by atoms with Crippen molar-refractivity contribution in [3.63, 3.8) is 0 Å². The number of benzene rings is 1. The van der Waals surface area contributed by atoms with Gasteiger partial charge in [-0.2, -0.15) is 0 Å². The van der Waals surface area contributed by atoms with E-state index in [1.54, 1.807) is 13.0 Å². The summed E-state index contributed by atoms with van der Waals surface area (Å²) in [6, 6.07) is 5.91. The molecule has 1 aromatic rings. The van der Waals surface area contributed by atoms with Crippen molar-refractivity contribution in [1.82, 2.24) is 0 Å². The fourth-order valence-electron chi connectivity index (χ4n) is 1.12. The fourth-order valence-corrected chi connectivity index (χ4v) is 2.36. The Hall–Kier alpha value is -1.03. The maximum absolute atomic E-state index is 12.1. The molecule has 0 aromatic heterocycles. The smallest absolute Gasteiger partial charge is 0.206 e. The molecule has 0 fully saturated rings. The average Bonchev–Trinajstić information content (AvgIpc) is 2.35. The van der Waals surface area contributed by atoms with Crippen molar-refractivity contribution in [3.8, 4) is 0 Å². The molecule has 18 heavy (non-hydrogen) atoms. The average molecular weight is 303 g/mol. The molecule has 0 N–H and O–H groups in total. The van der Waals surface area contributed by atoms with Crippen LogP contribution in [-0.4, -0.2) is 8.42 Å². The number of rotatable bonds is 4. The molecule has 0 aliphatic carbocycles. The lowest BCUT2D eigenvalue weighted by molar-refractivity contribution is 0.603. The molecule has 0 atom stereocenters. The Labute approximate surface area is 117 Å². The van der Waals surface area contributed by atoms with E-state index in [4.69, 9.17) is 23.2 Å². The van der Waals surface area contributed by atoms with Gasteiger partial charge in [-0.1, -0.05) is 35.9 Å². The van der Waals surface area contributed by atoms with Crippen LogP contribution < -0.4 is 0 Å². The second kappa shape index (κ2) is 6.23. The summed E-state index contributed by atoms with van der Waals surface area (Å²) >= 11 is 11.5. The van der Waals surface area contributed by atoms with Gasteiger partial charge in [0.05, 0.1) is 9.80 Å². The summed E-state index contributed by atoms with van der Waals surface area (Å²) in [7, 11) is -3.59. The second-order valence-corrected chi connectivity index (χ2v) is 6.31. The Morgan fingerprint density at radius 2 is 1.78 bits per heavy atom. The predicted molar refractivity (Wildman–Crippen MR) is 76.5 cm³/mol. The Morgan fingerprint density at radius 1 is 1.22 bits per heavy atom. The van der Waals surface area contributed by atoms with Crippen LogP contribution in [0.4, 0.5) is 0 Å². The minimum atomic E-state index is -3.59. The van der Waals surface area contributed by atoms with E-state index in [1.165, 1.54) is 36.4 Å². The van der Waals surface area contributed by atoms with Gasteiger partial charge in [-0.3, -0.25) is 0 Å². The highest BCUT2D eigenvalue weighted by atomic mass is 35.5. The first-order valence-corrected chi connectivity index (χ1v) is 7.31. The maximum atomic E-state index is 12.1. The molecule has 0 saturated carbocycles. The van der Waals surface area contributed by atoms with E-state index in [9.17, 15) is 8.42 Å². The zero-order valence-electron chi connectivity index (χ0n) is 9.73. The Morgan fingerprint density at radius 3 is 2.28 bits per heavy atom. The maximum Gasteiger partial charge on any atom is 0.206 e. The van der Waals surface area contributed by atoms with Gasteiger partial charge in [0.25, 0.3) is 0 Å². The molecular weight excluding hydrogens is 291 g/mol. The molecule has 0 aliphatic rings. The second-order valence-electron chi connectivity index (χ2n) is 3.43. The summed E-state index contributed by atoms with van der Waals surface area (Å²) in [4.78, 5) is 0.128. The summed E-state index contributed by atoms with van der Waals surface area (Å²) in [6.07, 6.45) is 4.50. The normalized spacial score (nSPS) is 12.9. The third-order valence-corrected chi connectivity index (χ3v) is 4.49. The third-order valence-electron chi connectivity index (χ3n) is 2.17. The first-order chi connectivity index (χ1) is 8.37. The third kappa shape index (κ3) is 3.73. The van der Waals surface area contributed by atoms with E-state index in [0.29, 0.717) is 10.1 Å². The molecule has 0 amide bonds. The van der Waals surface area contributed by atoms with Crippen LogP contribution in [-0.2, 0) is 9.84 Å². The van der Waals surface area contributed by atoms with Crippen molar-refractivity contribution in [3.05, 3.63) is 64.0 Å². The van der Waals surface area contributed by atoms with Crippen LogP contribution in [0.15, 0.2) is 63.9 Å². The topological polar surface area (TPSA) is 34.1 Å². The van der Waals surface area contributed by atoms with Crippen molar-refractivity contribution >= 4 is 33.0 Å². The monoisotopic (exact) mass is 302 g/mol. The number of hydrogen-bond acceptors (Lipinski definition) is 2. The lowest BCUT2D eigenvalue weighted by Gasteiger charge is -2.03. The Bertz CT molecular complexity index is 596. The summed E-state index contributed by atoms with van der Waals surface area (Å²) in [5, 5.41) is 0.925. The van der Waals surface area contributed by atoms with Crippen molar-refractivity contribution in [2.75, 3.05) is 0 Å². The molecule has 96 valence electrons. The molecule has 5 heteroatoms. The van der Waals surface area contributed by atoms with Crippen molar-refractivity contribution in [1.29, 1.82) is 0 Å². The standard InChI is InChI=1S/C13H12Cl2O2S/c1-3-11(14)5-4-10(2)18(16,17)13-8-6-12(15)7-9-13/h3-9H,2H2,1H3/b5-4-,11-3+. The quantitative estimate of drug-likeness (QED) is 0.776. The molecule has 2 nitrogen and oxygen atoms in total. The summed E-state index contributed by atoms with van der Waals surface area (Å²) < 4.78 is 24.2. The Balaban J connectivity index is 3.04. The number of allylic oxidation sites excluding steroid dienone is 4. The van der Waals surface area contributed by atoms with E-state index in [-0.39, 0.29) is 9.80 Å². The van der Waals surface area contributed by atoms with Gasteiger partial charge in [0.1, 0.15) is 0 Å². The molecule has 1 aromatic carbocycles. The molecule has 0 saturated heterocycles. The van der Waals surface area contributed by atoms with Gasteiger partial charge in [-0.15, -0.1) is 0 Å². The first-order valence-electron chi connectivity index (χ1n) is 5.07. The van der Waals surface area contributed by atoms with Gasteiger partial charge in [0.15, 0.2) is 0 Å². The zero-order valence-corrected chi connectivity index (χ0v) is 12.1. The van der Waals surface area contributed by atoms with Crippen LogP contribution >= 0.6 is 23.2 Å². The highest BCUT2D eigenvalue weighted by Gasteiger charge is 2.16. The van der Waals surface area contributed by atoms with Crippen LogP contribution in [0.3, 0.4) is 0 Å². The van der Waals surface area contributed by atoms with Crippen molar-refractivity contribution < 1.29 is 8.42 Å². The van der Waals surface area contributed by atoms with Gasteiger partial charge >= 0.3 is 0 Å². The zero-order chi connectivity index (χ0) is 13.8. The highest BCUT2D eigenvalue weighted by Crippen LogP contribution is 2.21. The van der Waals surface area contributed by atoms with E-state index in [0.717, 1.165) is 0 Å². The number of halogens is 2. The van der Waals surface area contributed by atoms with Gasteiger partial charge in [0.2, 0.25) is 9.84 Å². The summed E-state index contributed by atoms with van der Waals surface area (Å²) in [5.41, 5.74) is 0. The molecule has 0 bridgehead atoms. The van der Waals surface area contributed by atoms with Gasteiger partial charge in [0, 0.05) is 10.1 Å². The summed E-state index contributed by atoms with van der Waals surface area (Å²) in [5.74, 6) is 0. The van der Waals surface area contributed by atoms with Crippen LogP contribution in [0, 0.1) is 0 Å².